The standard InChI is InChI=1S/C11H21N5O2/c1-9(2)16-7-3-11(4-8-16,10(17)18)13-5-6-14-15-12/h9,13H,3-8H2,1-2H3,(H,17,18). The van der Waals surface area contributed by atoms with Crippen molar-refractivity contribution in [2.24, 2.45) is 5.11 Å². The van der Waals surface area contributed by atoms with Crippen molar-refractivity contribution in [1.29, 1.82) is 0 Å². The average Bonchev–Trinajstić information content (AvgIpc) is 2.35. The van der Waals surface area contributed by atoms with Crippen LogP contribution < -0.4 is 5.32 Å². The Hall–Kier alpha value is -1.30. The van der Waals surface area contributed by atoms with Crippen molar-refractivity contribution in [1.82, 2.24) is 10.2 Å². The van der Waals surface area contributed by atoms with E-state index in [1.165, 1.54) is 0 Å². The van der Waals surface area contributed by atoms with Gasteiger partial charge in [-0.2, -0.15) is 0 Å². The molecule has 1 heterocycles. The fraction of sp³-hybridized carbons (Fsp3) is 0.909. The van der Waals surface area contributed by atoms with Gasteiger partial charge < -0.3 is 15.3 Å². The van der Waals surface area contributed by atoms with Crippen molar-refractivity contribution in [3.8, 4) is 0 Å². The molecule has 0 aromatic carbocycles. The summed E-state index contributed by atoms with van der Waals surface area (Å²) in [5.74, 6) is -0.813. The Balaban J connectivity index is 2.56. The SMILES string of the molecule is CC(C)N1CCC(NCCN=[N+]=[N-])(C(=O)O)CC1. The van der Waals surface area contributed by atoms with Crippen LogP contribution in [0.5, 0.6) is 0 Å². The van der Waals surface area contributed by atoms with Gasteiger partial charge >= 0.3 is 5.97 Å². The number of carboxylic acids is 1. The van der Waals surface area contributed by atoms with Crippen LogP contribution in [-0.2, 0) is 4.79 Å². The molecule has 1 fully saturated rings. The molecule has 0 saturated carbocycles. The Morgan fingerprint density at radius 3 is 2.61 bits per heavy atom. The minimum absolute atomic E-state index is 0.277. The maximum absolute atomic E-state index is 11.4. The maximum atomic E-state index is 11.4. The lowest BCUT2D eigenvalue weighted by atomic mass is 9.87. The maximum Gasteiger partial charge on any atom is 0.323 e. The van der Waals surface area contributed by atoms with E-state index in [9.17, 15) is 9.90 Å². The van der Waals surface area contributed by atoms with Crippen molar-refractivity contribution >= 4 is 5.97 Å². The predicted molar refractivity (Wildman–Crippen MR) is 68.3 cm³/mol. The molecule has 0 aromatic heterocycles. The molecular weight excluding hydrogens is 234 g/mol. The van der Waals surface area contributed by atoms with Gasteiger partial charge in [0.05, 0.1) is 0 Å². The van der Waals surface area contributed by atoms with Gasteiger partial charge in [-0.1, -0.05) is 5.11 Å². The first kappa shape index (κ1) is 14.8. The second kappa shape index (κ2) is 6.58. The molecule has 7 nitrogen and oxygen atoms in total. The highest BCUT2D eigenvalue weighted by atomic mass is 16.4. The molecule has 0 amide bonds. The molecule has 0 bridgehead atoms. The van der Waals surface area contributed by atoms with Crippen molar-refractivity contribution in [2.75, 3.05) is 26.2 Å². The van der Waals surface area contributed by atoms with Gasteiger partial charge in [0, 0.05) is 37.1 Å². The molecule has 102 valence electrons. The number of rotatable bonds is 6. The zero-order chi connectivity index (χ0) is 13.6. The Morgan fingerprint density at radius 2 is 2.17 bits per heavy atom. The van der Waals surface area contributed by atoms with Crippen LogP contribution in [0.4, 0.5) is 0 Å². The summed E-state index contributed by atoms with van der Waals surface area (Å²) in [5, 5.41) is 15.8. The highest BCUT2D eigenvalue weighted by Crippen LogP contribution is 2.23. The number of carbonyl (C=O) groups is 1. The summed E-state index contributed by atoms with van der Waals surface area (Å²) in [5.41, 5.74) is 7.32. The number of hydrogen-bond acceptors (Lipinski definition) is 4. The number of nitrogens with one attached hydrogen (secondary N) is 1. The molecule has 1 rings (SSSR count). The summed E-state index contributed by atoms with van der Waals surface area (Å²) in [4.78, 5) is 16.4. The molecule has 0 aliphatic carbocycles. The van der Waals surface area contributed by atoms with Gasteiger partial charge in [-0.05, 0) is 32.2 Å². The molecule has 1 saturated heterocycles. The second-order valence-electron chi connectivity index (χ2n) is 4.90. The first-order valence-electron chi connectivity index (χ1n) is 6.25. The fourth-order valence-corrected chi connectivity index (χ4v) is 2.28. The quantitative estimate of drug-likeness (QED) is 0.322. The molecule has 1 aliphatic heterocycles. The summed E-state index contributed by atoms with van der Waals surface area (Å²) in [6, 6.07) is 0.444. The Labute approximate surface area is 107 Å². The van der Waals surface area contributed by atoms with Gasteiger partial charge in [-0.25, -0.2) is 0 Å². The van der Waals surface area contributed by atoms with Crippen molar-refractivity contribution < 1.29 is 9.90 Å². The Morgan fingerprint density at radius 1 is 1.56 bits per heavy atom. The number of hydrogen-bond donors (Lipinski definition) is 2. The van der Waals surface area contributed by atoms with Crippen LogP contribution in [0.15, 0.2) is 5.11 Å². The van der Waals surface area contributed by atoms with Gasteiger partial charge in [-0.15, -0.1) is 0 Å². The average molecular weight is 255 g/mol. The van der Waals surface area contributed by atoms with E-state index in [1.54, 1.807) is 0 Å². The van der Waals surface area contributed by atoms with Gasteiger partial charge in [0.15, 0.2) is 0 Å². The monoisotopic (exact) mass is 255 g/mol. The van der Waals surface area contributed by atoms with E-state index in [2.05, 4.69) is 34.1 Å². The molecule has 18 heavy (non-hydrogen) atoms. The fourth-order valence-electron chi connectivity index (χ4n) is 2.28. The van der Waals surface area contributed by atoms with Crippen LogP contribution in [-0.4, -0.2) is 53.7 Å². The molecule has 2 N–H and O–H groups in total. The van der Waals surface area contributed by atoms with Crippen LogP contribution >= 0.6 is 0 Å². The molecule has 0 radical (unpaired) electrons. The summed E-state index contributed by atoms with van der Waals surface area (Å²) in [7, 11) is 0. The van der Waals surface area contributed by atoms with Crippen LogP contribution in [0.3, 0.4) is 0 Å². The van der Waals surface area contributed by atoms with Crippen molar-refractivity contribution in [2.45, 2.75) is 38.3 Å². The summed E-state index contributed by atoms with van der Waals surface area (Å²) in [6.45, 7) is 6.46. The molecular formula is C11H21N5O2. The zero-order valence-electron chi connectivity index (χ0n) is 11.0. The Bertz CT molecular complexity index is 330. The number of likely N-dealkylation sites (tertiary alicyclic amines) is 1. The van der Waals surface area contributed by atoms with Gasteiger partial charge in [0.2, 0.25) is 0 Å². The zero-order valence-corrected chi connectivity index (χ0v) is 11.0. The van der Waals surface area contributed by atoms with Gasteiger partial charge in [0.1, 0.15) is 5.54 Å². The Kier molecular flexibility index (Phi) is 5.40. The molecule has 0 unspecified atom stereocenters. The number of carboxylic acid groups (broad SMARTS) is 1. The van der Waals surface area contributed by atoms with E-state index in [-0.39, 0.29) is 6.54 Å². The van der Waals surface area contributed by atoms with E-state index >= 15 is 0 Å². The van der Waals surface area contributed by atoms with Crippen LogP contribution in [0.25, 0.3) is 10.4 Å². The lowest BCUT2D eigenvalue weighted by Gasteiger charge is -2.41. The molecule has 0 spiro atoms. The highest BCUT2D eigenvalue weighted by molar-refractivity contribution is 5.79. The number of nitrogens with zero attached hydrogens (tertiary/aromatic N) is 4. The first-order valence-corrected chi connectivity index (χ1v) is 6.25. The summed E-state index contributed by atoms with van der Waals surface area (Å²) in [6.07, 6.45) is 1.16. The van der Waals surface area contributed by atoms with Crippen molar-refractivity contribution in [3.05, 3.63) is 10.4 Å². The number of aliphatic carboxylic acids is 1. The third-order valence-corrected chi connectivity index (χ3v) is 3.53. The van der Waals surface area contributed by atoms with Crippen molar-refractivity contribution in [3.63, 3.8) is 0 Å². The third-order valence-electron chi connectivity index (χ3n) is 3.53. The van der Waals surface area contributed by atoms with Gasteiger partial charge in [-0.3, -0.25) is 4.79 Å². The molecule has 0 aromatic rings. The highest BCUT2D eigenvalue weighted by Gasteiger charge is 2.41. The number of azide groups is 1. The van der Waals surface area contributed by atoms with Crippen LogP contribution in [0, 0.1) is 0 Å². The van der Waals surface area contributed by atoms with E-state index in [0.717, 1.165) is 13.1 Å². The molecule has 7 heteroatoms. The lowest BCUT2D eigenvalue weighted by Crippen LogP contribution is -2.59. The lowest BCUT2D eigenvalue weighted by molar-refractivity contribution is -0.147. The smallest absolute Gasteiger partial charge is 0.323 e. The van der Waals surface area contributed by atoms with E-state index in [1.807, 2.05) is 0 Å². The second-order valence-corrected chi connectivity index (χ2v) is 4.90. The van der Waals surface area contributed by atoms with E-state index in [4.69, 9.17) is 5.53 Å². The summed E-state index contributed by atoms with van der Waals surface area (Å²) >= 11 is 0. The largest absolute Gasteiger partial charge is 0.480 e. The van der Waals surface area contributed by atoms with Crippen LogP contribution in [0.2, 0.25) is 0 Å². The van der Waals surface area contributed by atoms with E-state index in [0.29, 0.717) is 25.4 Å². The molecule has 1 aliphatic rings. The third kappa shape index (κ3) is 3.60. The minimum Gasteiger partial charge on any atom is -0.480 e. The van der Waals surface area contributed by atoms with Gasteiger partial charge in [0.25, 0.3) is 0 Å². The van der Waals surface area contributed by atoms with E-state index < -0.39 is 11.5 Å². The topological polar surface area (TPSA) is 101 Å². The predicted octanol–water partition coefficient (Wildman–Crippen LogP) is 1.21. The number of piperidine rings is 1. The minimum atomic E-state index is -0.865. The normalized spacial score (nSPS) is 19.5. The van der Waals surface area contributed by atoms with Crippen LogP contribution in [0.1, 0.15) is 26.7 Å². The first-order chi connectivity index (χ1) is 8.52. The molecule has 0 atom stereocenters. The summed E-state index contributed by atoms with van der Waals surface area (Å²) < 4.78 is 0.